The molecule has 0 aliphatic heterocycles. The molecule has 0 aliphatic rings. The van der Waals surface area contributed by atoms with Gasteiger partial charge in [-0.3, -0.25) is 0 Å². The average Bonchev–Trinajstić information content (AvgIpc) is 2.25. The molecule has 16 heavy (non-hydrogen) atoms. The zero-order valence-corrected chi connectivity index (χ0v) is 10.6. The first-order valence-corrected chi connectivity index (χ1v) is 5.73. The van der Waals surface area contributed by atoms with Crippen molar-refractivity contribution in [3.8, 4) is 0 Å². The van der Waals surface area contributed by atoms with Crippen molar-refractivity contribution in [1.82, 2.24) is 20.2 Å². The Morgan fingerprint density at radius 2 is 1.88 bits per heavy atom. The quantitative estimate of drug-likeness (QED) is 0.784. The number of hydrogen-bond acceptors (Lipinski definition) is 4. The van der Waals surface area contributed by atoms with E-state index >= 15 is 0 Å². The highest BCUT2D eigenvalue weighted by Crippen LogP contribution is 2.03. The maximum absolute atomic E-state index is 4.20. The van der Waals surface area contributed by atoms with Gasteiger partial charge in [0.2, 0.25) is 0 Å². The minimum absolute atomic E-state index is 0.471. The monoisotopic (exact) mass is 222 g/mol. The van der Waals surface area contributed by atoms with Crippen molar-refractivity contribution < 1.29 is 0 Å². The molecular weight excluding hydrogens is 200 g/mol. The van der Waals surface area contributed by atoms with E-state index in [-0.39, 0.29) is 0 Å². The third-order valence-corrected chi connectivity index (χ3v) is 2.51. The summed E-state index contributed by atoms with van der Waals surface area (Å²) in [5, 5.41) is 3.50. The SMILES string of the molecule is CC(C)C(CN(C)C)NCc1ncccn1. The molecule has 0 aromatic carbocycles. The molecule has 1 unspecified atom stereocenters. The van der Waals surface area contributed by atoms with E-state index in [4.69, 9.17) is 0 Å². The predicted octanol–water partition coefficient (Wildman–Crippen LogP) is 1.15. The molecule has 4 heteroatoms. The number of rotatable bonds is 6. The van der Waals surface area contributed by atoms with Gasteiger partial charge in [0.05, 0.1) is 6.54 Å². The Morgan fingerprint density at radius 1 is 1.25 bits per heavy atom. The molecule has 0 bridgehead atoms. The van der Waals surface area contributed by atoms with Gasteiger partial charge in [0, 0.05) is 25.0 Å². The first-order chi connectivity index (χ1) is 7.59. The maximum atomic E-state index is 4.20. The summed E-state index contributed by atoms with van der Waals surface area (Å²) >= 11 is 0. The molecule has 1 aromatic heterocycles. The van der Waals surface area contributed by atoms with E-state index in [1.54, 1.807) is 12.4 Å². The summed E-state index contributed by atoms with van der Waals surface area (Å²) in [6, 6.07) is 2.31. The van der Waals surface area contributed by atoms with Crippen molar-refractivity contribution in [3.63, 3.8) is 0 Å². The molecule has 90 valence electrons. The summed E-state index contributed by atoms with van der Waals surface area (Å²) in [6.45, 7) is 6.22. The molecule has 0 aliphatic carbocycles. The lowest BCUT2D eigenvalue weighted by atomic mass is 10.0. The molecule has 0 fully saturated rings. The van der Waals surface area contributed by atoms with Crippen molar-refractivity contribution in [2.75, 3.05) is 20.6 Å². The van der Waals surface area contributed by atoms with Crippen LogP contribution in [0.3, 0.4) is 0 Å². The van der Waals surface area contributed by atoms with Crippen LogP contribution in [0, 0.1) is 5.92 Å². The maximum Gasteiger partial charge on any atom is 0.141 e. The van der Waals surface area contributed by atoms with E-state index < -0.39 is 0 Å². The second kappa shape index (κ2) is 6.55. The Morgan fingerprint density at radius 3 is 2.38 bits per heavy atom. The third-order valence-electron chi connectivity index (χ3n) is 2.51. The molecule has 0 saturated heterocycles. The lowest BCUT2D eigenvalue weighted by molar-refractivity contribution is 0.286. The summed E-state index contributed by atoms with van der Waals surface area (Å²) in [5.74, 6) is 1.46. The van der Waals surface area contributed by atoms with Gasteiger partial charge in [0.15, 0.2) is 0 Å². The van der Waals surface area contributed by atoms with Crippen molar-refractivity contribution in [2.45, 2.75) is 26.4 Å². The number of hydrogen-bond donors (Lipinski definition) is 1. The molecule has 1 atom stereocenters. The van der Waals surface area contributed by atoms with Crippen LogP contribution >= 0.6 is 0 Å². The van der Waals surface area contributed by atoms with Crippen LogP contribution in [0.2, 0.25) is 0 Å². The molecule has 0 radical (unpaired) electrons. The zero-order chi connectivity index (χ0) is 12.0. The molecular formula is C12H22N4. The van der Waals surface area contributed by atoms with E-state index in [1.807, 2.05) is 6.07 Å². The minimum atomic E-state index is 0.471. The normalized spacial score (nSPS) is 13.4. The van der Waals surface area contributed by atoms with Crippen LogP contribution in [-0.4, -0.2) is 41.5 Å². The Kier molecular flexibility index (Phi) is 5.35. The summed E-state index contributed by atoms with van der Waals surface area (Å²) in [4.78, 5) is 10.6. The Hall–Kier alpha value is -1.00. The van der Waals surface area contributed by atoms with E-state index in [0.717, 1.165) is 18.9 Å². The van der Waals surface area contributed by atoms with Gasteiger partial charge in [-0.1, -0.05) is 13.8 Å². The molecule has 0 amide bonds. The topological polar surface area (TPSA) is 41.0 Å². The molecule has 1 rings (SSSR count). The van der Waals surface area contributed by atoms with Crippen molar-refractivity contribution >= 4 is 0 Å². The highest BCUT2D eigenvalue weighted by molar-refractivity contribution is 4.89. The molecule has 0 spiro atoms. The van der Waals surface area contributed by atoms with Gasteiger partial charge in [0.1, 0.15) is 5.82 Å². The van der Waals surface area contributed by atoms with Crippen LogP contribution in [0.25, 0.3) is 0 Å². The third kappa shape index (κ3) is 4.68. The Labute approximate surface area is 98.1 Å². The fourth-order valence-electron chi connectivity index (χ4n) is 1.55. The van der Waals surface area contributed by atoms with Crippen molar-refractivity contribution in [3.05, 3.63) is 24.3 Å². The Balaban J connectivity index is 2.44. The number of nitrogens with zero attached hydrogens (tertiary/aromatic N) is 3. The van der Waals surface area contributed by atoms with Gasteiger partial charge in [-0.15, -0.1) is 0 Å². The van der Waals surface area contributed by atoms with Gasteiger partial charge in [-0.05, 0) is 26.1 Å². The van der Waals surface area contributed by atoms with Crippen LogP contribution in [-0.2, 0) is 6.54 Å². The van der Waals surface area contributed by atoms with Gasteiger partial charge in [-0.25, -0.2) is 9.97 Å². The second-order valence-corrected chi connectivity index (χ2v) is 4.66. The summed E-state index contributed by atoms with van der Waals surface area (Å²) < 4.78 is 0. The molecule has 0 saturated carbocycles. The van der Waals surface area contributed by atoms with E-state index in [2.05, 4.69) is 48.1 Å². The van der Waals surface area contributed by atoms with Gasteiger partial charge in [-0.2, -0.15) is 0 Å². The fraction of sp³-hybridized carbons (Fsp3) is 0.667. The van der Waals surface area contributed by atoms with Crippen LogP contribution in [0.5, 0.6) is 0 Å². The van der Waals surface area contributed by atoms with Crippen LogP contribution in [0.15, 0.2) is 18.5 Å². The average molecular weight is 222 g/mol. The zero-order valence-electron chi connectivity index (χ0n) is 10.6. The van der Waals surface area contributed by atoms with Crippen molar-refractivity contribution in [2.24, 2.45) is 5.92 Å². The first kappa shape index (κ1) is 13.1. The molecule has 1 heterocycles. The molecule has 1 N–H and O–H groups in total. The highest BCUT2D eigenvalue weighted by atomic mass is 15.1. The van der Waals surface area contributed by atoms with Gasteiger partial charge in [0.25, 0.3) is 0 Å². The van der Waals surface area contributed by atoms with Crippen LogP contribution < -0.4 is 5.32 Å². The van der Waals surface area contributed by atoms with E-state index in [0.29, 0.717) is 12.0 Å². The number of nitrogens with one attached hydrogen (secondary N) is 1. The largest absolute Gasteiger partial charge is 0.308 e. The van der Waals surface area contributed by atoms with Crippen LogP contribution in [0.1, 0.15) is 19.7 Å². The molecule has 4 nitrogen and oxygen atoms in total. The summed E-state index contributed by atoms with van der Waals surface area (Å²) in [6.07, 6.45) is 3.56. The fourth-order valence-corrected chi connectivity index (χ4v) is 1.55. The van der Waals surface area contributed by atoms with E-state index in [9.17, 15) is 0 Å². The first-order valence-electron chi connectivity index (χ1n) is 5.73. The summed E-state index contributed by atoms with van der Waals surface area (Å²) in [5.41, 5.74) is 0. The number of aromatic nitrogens is 2. The van der Waals surface area contributed by atoms with E-state index in [1.165, 1.54) is 0 Å². The lowest BCUT2D eigenvalue weighted by Gasteiger charge is -2.25. The van der Waals surface area contributed by atoms with Crippen LogP contribution in [0.4, 0.5) is 0 Å². The summed E-state index contributed by atoms with van der Waals surface area (Å²) in [7, 11) is 4.19. The van der Waals surface area contributed by atoms with Gasteiger partial charge < -0.3 is 10.2 Å². The van der Waals surface area contributed by atoms with Crippen molar-refractivity contribution in [1.29, 1.82) is 0 Å². The Bertz CT molecular complexity index is 284. The van der Waals surface area contributed by atoms with Gasteiger partial charge >= 0.3 is 0 Å². The second-order valence-electron chi connectivity index (χ2n) is 4.66. The number of likely N-dealkylation sites (N-methyl/N-ethyl adjacent to an activating group) is 1. The smallest absolute Gasteiger partial charge is 0.141 e. The predicted molar refractivity (Wildman–Crippen MR) is 66.1 cm³/mol. The molecule has 1 aromatic rings. The minimum Gasteiger partial charge on any atom is -0.308 e. The highest BCUT2D eigenvalue weighted by Gasteiger charge is 2.13. The lowest BCUT2D eigenvalue weighted by Crippen LogP contribution is -2.41. The standard InChI is InChI=1S/C12H22N4/c1-10(2)11(9-16(3)4)15-8-12-13-6-5-7-14-12/h5-7,10-11,15H,8-9H2,1-4H3.